The highest BCUT2D eigenvalue weighted by molar-refractivity contribution is 5.93. The number of carbonyl (C=O) groups is 1. The Morgan fingerprint density at radius 1 is 1.15 bits per heavy atom. The molecule has 0 radical (unpaired) electrons. The van der Waals surface area contributed by atoms with Gasteiger partial charge in [-0.25, -0.2) is 14.4 Å². The van der Waals surface area contributed by atoms with Crippen molar-refractivity contribution in [3.05, 3.63) is 53.7 Å². The van der Waals surface area contributed by atoms with E-state index < -0.39 is 0 Å². The minimum Gasteiger partial charge on any atom is -0.370 e. The Bertz CT molecular complexity index is 729. The number of anilines is 1. The van der Waals surface area contributed by atoms with Crippen LogP contribution in [0.15, 0.2) is 36.7 Å². The van der Waals surface area contributed by atoms with Crippen LogP contribution in [0.25, 0.3) is 0 Å². The van der Waals surface area contributed by atoms with Gasteiger partial charge >= 0.3 is 0 Å². The molecule has 1 aliphatic heterocycles. The summed E-state index contributed by atoms with van der Waals surface area (Å²) in [5, 5.41) is 3.20. The monoisotopic (exact) mass is 357 g/mol. The second-order valence-electron chi connectivity index (χ2n) is 6.32. The summed E-state index contributed by atoms with van der Waals surface area (Å²) in [5.74, 6) is 0.336. The molecule has 1 saturated heterocycles. The molecule has 1 aromatic carbocycles. The van der Waals surface area contributed by atoms with Crippen LogP contribution in [0.5, 0.6) is 0 Å². The summed E-state index contributed by atoms with van der Waals surface area (Å²) in [6.07, 6.45) is 2.16. The van der Waals surface area contributed by atoms with E-state index in [9.17, 15) is 9.18 Å². The number of likely N-dealkylation sites (N-methyl/N-ethyl adjacent to an activating group) is 1. The Kier molecular flexibility index (Phi) is 6.12. The van der Waals surface area contributed by atoms with Crippen LogP contribution in [0.2, 0.25) is 0 Å². The number of piperazine rings is 1. The van der Waals surface area contributed by atoms with E-state index in [0.717, 1.165) is 44.7 Å². The number of nitrogens with one attached hydrogen (secondary N) is 1. The van der Waals surface area contributed by atoms with E-state index in [1.165, 1.54) is 18.5 Å². The van der Waals surface area contributed by atoms with Crippen LogP contribution in [0.3, 0.4) is 0 Å². The quantitative estimate of drug-likeness (QED) is 0.857. The number of amides is 1. The van der Waals surface area contributed by atoms with E-state index in [-0.39, 0.29) is 11.7 Å². The van der Waals surface area contributed by atoms with Crippen molar-refractivity contribution >= 4 is 11.7 Å². The van der Waals surface area contributed by atoms with Crippen LogP contribution < -0.4 is 5.32 Å². The van der Waals surface area contributed by atoms with Gasteiger partial charge in [0, 0.05) is 38.8 Å². The van der Waals surface area contributed by atoms with Crippen molar-refractivity contribution in [1.29, 1.82) is 0 Å². The Hall–Kier alpha value is -2.54. The van der Waals surface area contributed by atoms with Gasteiger partial charge in [0.25, 0.3) is 5.91 Å². The lowest BCUT2D eigenvalue weighted by molar-refractivity contribution is 0.0637. The third-order valence-electron chi connectivity index (χ3n) is 4.63. The molecule has 1 aromatic heterocycles. The molecule has 7 heteroatoms. The molecular weight excluding hydrogens is 333 g/mol. The molecule has 0 atom stereocenters. The smallest absolute Gasteiger partial charge is 0.272 e. The number of nitrogens with zero attached hydrogens (tertiary/aromatic N) is 4. The molecule has 0 saturated carbocycles. The molecule has 0 unspecified atom stereocenters. The van der Waals surface area contributed by atoms with Crippen molar-refractivity contribution in [3.8, 4) is 0 Å². The van der Waals surface area contributed by atoms with Crippen molar-refractivity contribution in [2.45, 2.75) is 13.3 Å². The lowest BCUT2D eigenvalue weighted by Crippen LogP contribution is -2.48. The zero-order valence-electron chi connectivity index (χ0n) is 15.0. The molecule has 3 rings (SSSR count). The van der Waals surface area contributed by atoms with Gasteiger partial charge in [-0.1, -0.05) is 19.1 Å². The molecule has 6 nitrogen and oxygen atoms in total. The number of aromatic nitrogens is 2. The molecular formula is C19H24FN5O. The van der Waals surface area contributed by atoms with Gasteiger partial charge < -0.3 is 15.1 Å². The minimum atomic E-state index is -0.236. The Balaban J connectivity index is 1.54. The van der Waals surface area contributed by atoms with Crippen LogP contribution in [0.4, 0.5) is 10.2 Å². The Morgan fingerprint density at radius 3 is 2.58 bits per heavy atom. The van der Waals surface area contributed by atoms with Crippen molar-refractivity contribution in [1.82, 2.24) is 19.8 Å². The fourth-order valence-corrected chi connectivity index (χ4v) is 2.99. The lowest BCUT2D eigenvalue weighted by atomic mass is 10.1. The fourth-order valence-electron chi connectivity index (χ4n) is 2.99. The molecule has 2 heterocycles. The van der Waals surface area contributed by atoms with E-state index in [2.05, 4.69) is 27.1 Å². The first kappa shape index (κ1) is 18.3. The van der Waals surface area contributed by atoms with Crippen LogP contribution in [0, 0.1) is 5.82 Å². The van der Waals surface area contributed by atoms with E-state index in [0.29, 0.717) is 18.1 Å². The van der Waals surface area contributed by atoms with Gasteiger partial charge in [0.15, 0.2) is 0 Å². The average Bonchev–Trinajstić information content (AvgIpc) is 2.69. The maximum absolute atomic E-state index is 12.9. The third kappa shape index (κ3) is 4.76. The summed E-state index contributed by atoms with van der Waals surface area (Å²) in [6.45, 7) is 7.04. The first-order chi connectivity index (χ1) is 12.7. The Labute approximate surface area is 153 Å². The number of hydrogen-bond acceptors (Lipinski definition) is 5. The molecule has 0 aliphatic carbocycles. The first-order valence-electron chi connectivity index (χ1n) is 8.97. The van der Waals surface area contributed by atoms with E-state index in [1.54, 1.807) is 18.2 Å². The van der Waals surface area contributed by atoms with Gasteiger partial charge in [-0.3, -0.25) is 4.79 Å². The summed E-state index contributed by atoms with van der Waals surface area (Å²) in [7, 11) is 0. The van der Waals surface area contributed by atoms with E-state index in [4.69, 9.17) is 0 Å². The number of benzene rings is 1. The SMILES string of the molecule is CCN1CCN(C(=O)c2cc(NCCc3ccc(F)cc3)ncn2)CC1. The van der Waals surface area contributed by atoms with Gasteiger partial charge in [0.1, 0.15) is 23.7 Å². The molecule has 138 valence electrons. The topological polar surface area (TPSA) is 61.4 Å². The lowest BCUT2D eigenvalue weighted by Gasteiger charge is -2.33. The van der Waals surface area contributed by atoms with Crippen LogP contribution in [0.1, 0.15) is 23.0 Å². The summed E-state index contributed by atoms with van der Waals surface area (Å²) in [5.41, 5.74) is 1.45. The minimum absolute atomic E-state index is 0.0512. The van der Waals surface area contributed by atoms with Gasteiger partial charge in [0.05, 0.1) is 0 Å². The van der Waals surface area contributed by atoms with Gasteiger partial charge in [0.2, 0.25) is 0 Å². The summed E-state index contributed by atoms with van der Waals surface area (Å²) in [4.78, 5) is 25.1. The molecule has 1 amide bonds. The van der Waals surface area contributed by atoms with Gasteiger partial charge in [-0.2, -0.15) is 0 Å². The van der Waals surface area contributed by atoms with Crippen molar-refractivity contribution < 1.29 is 9.18 Å². The summed E-state index contributed by atoms with van der Waals surface area (Å²) < 4.78 is 12.9. The number of carbonyl (C=O) groups excluding carboxylic acids is 1. The van der Waals surface area contributed by atoms with Crippen molar-refractivity contribution in [2.75, 3.05) is 44.6 Å². The maximum atomic E-state index is 12.9. The highest BCUT2D eigenvalue weighted by Gasteiger charge is 2.22. The fraction of sp³-hybridized carbons (Fsp3) is 0.421. The largest absolute Gasteiger partial charge is 0.370 e. The van der Waals surface area contributed by atoms with Crippen LogP contribution in [-0.4, -0.2) is 64.9 Å². The summed E-state index contributed by atoms with van der Waals surface area (Å²) >= 11 is 0. The maximum Gasteiger partial charge on any atom is 0.272 e. The van der Waals surface area contributed by atoms with Gasteiger partial charge in [-0.15, -0.1) is 0 Å². The number of rotatable bonds is 6. The molecule has 1 N–H and O–H groups in total. The molecule has 2 aromatic rings. The third-order valence-corrected chi connectivity index (χ3v) is 4.63. The van der Waals surface area contributed by atoms with Gasteiger partial charge in [-0.05, 0) is 30.7 Å². The predicted molar refractivity (Wildman–Crippen MR) is 98.6 cm³/mol. The van der Waals surface area contributed by atoms with Crippen molar-refractivity contribution in [2.24, 2.45) is 0 Å². The van der Waals surface area contributed by atoms with E-state index >= 15 is 0 Å². The second kappa shape index (κ2) is 8.71. The zero-order valence-corrected chi connectivity index (χ0v) is 15.0. The Morgan fingerprint density at radius 2 is 1.88 bits per heavy atom. The van der Waals surface area contributed by atoms with Crippen molar-refractivity contribution in [3.63, 3.8) is 0 Å². The molecule has 0 bridgehead atoms. The first-order valence-corrected chi connectivity index (χ1v) is 8.97. The highest BCUT2D eigenvalue weighted by Crippen LogP contribution is 2.10. The van der Waals surface area contributed by atoms with Crippen LogP contribution >= 0.6 is 0 Å². The molecule has 1 fully saturated rings. The predicted octanol–water partition coefficient (Wildman–Crippen LogP) is 2.05. The average molecular weight is 357 g/mol. The van der Waals surface area contributed by atoms with E-state index in [1.807, 2.05) is 4.90 Å². The molecule has 1 aliphatic rings. The second-order valence-corrected chi connectivity index (χ2v) is 6.32. The highest BCUT2D eigenvalue weighted by atomic mass is 19.1. The van der Waals surface area contributed by atoms with Crippen LogP contribution in [-0.2, 0) is 6.42 Å². The number of hydrogen-bond donors (Lipinski definition) is 1. The summed E-state index contributed by atoms with van der Waals surface area (Å²) in [6, 6.07) is 8.13. The molecule has 26 heavy (non-hydrogen) atoms. The molecule has 0 spiro atoms. The zero-order chi connectivity index (χ0) is 18.4. The standard InChI is InChI=1S/C19H24FN5O/c1-2-24-9-11-25(12-10-24)19(26)17-13-18(23-14-22-17)21-8-7-15-3-5-16(20)6-4-15/h3-6,13-14H,2,7-12H2,1H3,(H,21,22,23). The normalized spacial score (nSPS) is 15.1. The number of halogens is 1.